The van der Waals surface area contributed by atoms with E-state index in [0.717, 1.165) is 38.4 Å². The number of amides is 1. The van der Waals surface area contributed by atoms with E-state index in [1.54, 1.807) is 0 Å². The van der Waals surface area contributed by atoms with E-state index in [0.29, 0.717) is 6.54 Å². The van der Waals surface area contributed by atoms with Gasteiger partial charge in [0.2, 0.25) is 5.91 Å². The maximum atomic E-state index is 12.0. The number of imidazole rings is 1. The molecule has 0 saturated carbocycles. The third kappa shape index (κ3) is 3.94. The number of carbonyl (C=O) groups is 1. The first-order valence-corrected chi connectivity index (χ1v) is 7.98. The normalized spacial score (nSPS) is 19.0. The van der Waals surface area contributed by atoms with Gasteiger partial charge in [0.15, 0.2) is 0 Å². The second-order valence-corrected chi connectivity index (χ2v) is 5.96. The summed E-state index contributed by atoms with van der Waals surface area (Å²) in [6.45, 7) is 3.86. The van der Waals surface area contributed by atoms with Crippen LogP contribution in [0.1, 0.15) is 37.9 Å². The molecule has 0 aromatic carbocycles. The summed E-state index contributed by atoms with van der Waals surface area (Å²) in [5.74, 6) is 1.19. The van der Waals surface area contributed by atoms with Gasteiger partial charge in [-0.2, -0.15) is 0 Å². The Labute approximate surface area is 126 Å². The first-order valence-electron chi connectivity index (χ1n) is 7.98. The molecule has 3 rings (SSSR count). The standard InChI is InChI=1S/C16H24N4O/c21-16(18-7-6-14-4-2-1-3-5-14)13-19-10-11-20-9-8-17-15(20)12-19/h4,8-9H,1-3,5-7,10-13H2,(H,18,21). The molecular formula is C16H24N4O. The lowest BCUT2D eigenvalue weighted by Gasteiger charge is -2.26. The molecule has 0 bridgehead atoms. The first kappa shape index (κ1) is 14.3. The number of fused-ring (bicyclic) bond motifs is 1. The van der Waals surface area contributed by atoms with Gasteiger partial charge in [-0.15, -0.1) is 0 Å². The number of allylic oxidation sites excluding steroid dienone is 1. The zero-order valence-electron chi connectivity index (χ0n) is 12.6. The molecule has 5 nitrogen and oxygen atoms in total. The van der Waals surface area contributed by atoms with Crippen LogP contribution in [0, 0.1) is 0 Å². The topological polar surface area (TPSA) is 50.2 Å². The van der Waals surface area contributed by atoms with E-state index in [9.17, 15) is 4.79 Å². The van der Waals surface area contributed by atoms with Crippen molar-refractivity contribution in [3.8, 4) is 0 Å². The van der Waals surface area contributed by atoms with Crippen molar-refractivity contribution in [3.63, 3.8) is 0 Å². The van der Waals surface area contributed by atoms with Crippen molar-refractivity contribution in [2.45, 2.75) is 45.2 Å². The van der Waals surface area contributed by atoms with Crippen molar-refractivity contribution in [1.82, 2.24) is 19.8 Å². The Hall–Kier alpha value is -1.62. The van der Waals surface area contributed by atoms with Crippen LogP contribution in [0.25, 0.3) is 0 Å². The Bertz CT molecular complexity index is 520. The summed E-state index contributed by atoms with van der Waals surface area (Å²) in [4.78, 5) is 18.5. The van der Waals surface area contributed by atoms with E-state index in [-0.39, 0.29) is 5.91 Å². The summed E-state index contributed by atoms with van der Waals surface area (Å²) in [6, 6.07) is 0. The zero-order chi connectivity index (χ0) is 14.5. The summed E-state index contributed by atoms with van der Waals surface area (Å²) in [7, 11) is 0. The maximum Gasteiger partial charge on any atom is 0.234 e. The van der Waals surface area contributed by atoms with Crippen LogP contribution in [-0.4, -0.2) is 40.0 Å². The number of hydrogen-bond donors (Lipinski definition) is 1. The lowest BCUT2D eigenvalue weighted by atomic mass is 9.97. The smallest absolute Gasteiger partial charge is 0.234 e. The van der Waals surface area contributed by atoms with Gasteiger partial charge in [-0.3, -0.25) is 9.69 Å². The fourth-order valence-electron chi connectivity index (χ4n) is 3.11. The number of nitrogens with one attached hydrogen (secondary N) is 1. The molecule has 0 radical (unpaired) electrons. The Morgan fingerprint density at radius 1 is 1.33 bits per heavy atom. The molecule has 1 amide bonds. The Balaban J connectivity index is 1.38. The third-order valence-corrected chi connectivity index (χ3v) is 4.34. The average Bonchev–Trinajstić information content (AvgIpc) is 2.96. The van der Waals surface area contributed by atoms with Crippen LogP contribution in [-0.2, 0) is 17.9 Å². The van der Waals surface area contributed by atoms with E-state index in [2.05, 4.69) is 25.8 Å². The minimum absolute atomic E-state index is 0.131. The van der Waals surface area contributed by atoms with Crippen LogP contribution in [0.3, 0.4) is 0 Å². The van der Waals surface area contributed by atoms with Gasteiger partial charge < -0.3 is 9.88 Å². The molecule has 2 aliphatic rings. The molecular weight excluding hydrogens is 264 g/mol. The van der Waals surface area contributed by atoms with Gasteiger partial charge in [0.05, 0.1) is 13.1 Å². The lowest BCUT2D eigenvalue weighted by Crippen LogP contribution is -2.41. The van der Waals surface area contributed by atoms with Crippen LogP contribution in [0.15, 0.2) is 24.0 Å². The molecule has 0 atom stereocenters. The SMILES string of the molecule is O=C(CN1CCn2ccnc2C1)NCCC1=CCCCC1. The summed E-state index contributed by atoms with van der Waals surface area (Å²) in [5, 5.41) is 3.05. The summed E-state index contributed by atoms with van der Waals surface area (Å²) in [5.41, 5.74) is 1.52. The van der Waals surface area contributed by atoms with Gasteiger partial charge in [0, 0.05) is 32.0 Å². The molecule has 0 fully saturated rings. The average molecular weight is 288 g/mol. The molecule has 0 spiro atoms. The van der Waals surface area contributed by atoms with Crippen LogP contribution in [0.5, 0.6) is 0 Å². The van der Waals surface area contributed by atoms with E-state index in [1.807, 2.05) is 12.4 Å². The fourth-order valence-corrected chi connectivity index (χ4v) is 3.11. The third-order valence-electron chi connectivity index (χ3n) is 4.34. The predicted octanol–water partition coefficient (Wildman–Crippen LogP) is 1.71. The summed E-state index contributed by atoms with van der Waals surface area (Å²) < 4.78 is 2.16. The van der Waals surface area contributed by atoms with Gasteiger partial charge in [0.1, 0.15) is 5.82 Å². The highest BCUT2D eigenvalue weighted by Crippen LogP contribution is 2.19. The summed E-state index contributed by atoms with van der Waals surface area (Å²) in [6.07, 6.45) is 12.2. The van der Waals surface area contributed by atoms with Gasteiger partial charge in [-0.25, -0.2) is 4.98 Å². The first-order chi connectivity index (χ1) is 10.3. The van der Waals surface area contributed by atoms with Crippen molar-refractivity contribution < 1.29 is 4.79 Å². The van der Waals surface area contributed by atoms with Gasteiger partial charge in [-0.05, 0) is 32.1 Å². The largest absolute Gasteiger partial charge is 0.355 e. The van der Waals surface area contributed by atoms with Crippen molar-refractivity contribution in [2.24, 2.45) is 0 Å². The molecule has 0 unspecified atom stereocenters. The van der Waals surface area contributed by atoms with Crippen molar-refractivity contribution in [3.05, 3.63) is 29.9 Å². The molecule has 2 heterocycles. The summed E-state index contributed by atoms with van der Waals surface area (Å²) >= 11 is 0. The van der Waals surface area contributed by atoms with Crippen molar-refractivity contribution in [1.29, 1.82) is 0 Å². The molecule has 1 aliphatic carbocycles. The van der Waals surface area contributed by atoms with Crippen molar-refractivity contribution in [2.75, 3.05) is 19.6 Å². The second kappa shape index (κ2) is 6.89. The molecule has 0 saturated heterocycles. The number of nitrogens with zero attached hydrogens (tertiary/aromatic N) is 3. The van der Waals surface area contributed by atoms with Gasteiger partial charge in [-0.1, -0.05) is 11.6 Å². The minimum atomic E-state index is 0.131. The Kier molecular flexibility index (Phi) is 4.70. The Morgan fingerprint density at radius 2 is 2.29 bits per heavy atom. The molecule has 1 N–H and O–H groups in total. The molecule has 114 valence electrons. The highest BCUT2D eigenvalue weighted by atomic mass is 16.2. The molecule has 5 heteroatoms. The Morgan fingerprint density at radius 3 is 3.14 bits per heavy atom. The fraction of sp³-hybridized carbons (Fsp3) is 0.625. The van der Waals surface area contributed by atoms with Crippen LogP contribution >= 0.6 is 0 Å². The van der Waals surface area contributed by atoms with Crippen LogP contribution < -0.4 is 5.32 Å². The monoisotopic (exact) mass is 288 g/mol. The predicted molar refractivity (Wildman–Crippen MR) is 81.7 cm³/mol. The van der Waals surface area contributed by atoms with Gasteiger partial charge in [0.25, 0.3) is 0 Å². The molecule has 1 aliphatic heterocycles. The lowest BCUT2D eigenvalue weighted by molar-refractivity contribution is -0.122. The van der Waals surface area contributed by atoms with E-state index < -0.39 is 0 Å². The molecule has 21 heavy (non-hydrogen) atoms. The van der Waals surface area contributed by atoms with E-state index >= 15 is 0 Å². The van der Waals surface area contributed by atoms with Crippen LogP contribution in [0.2, 0.25) is 0 Å². The number of aromatic nitrogens is 2. The zero-order valence-corrected chi connectivity index (χ0v) is 12.6. The van der Waals surface area contributed by atoms with Crippen molar-refractivity contribution >= 4 is 5.91 Å². The molecule has 1 aromatic rings. The maximum absolute atomic E-state index is 12.0. The molecule has 1 aromatic heterocycles. The van der Waals surface area contributed by atoms with E-state index in [1.165, 1.54) is 31.3 Å². The minimum Gasteiger partial charge on any atom is -0.355 e. The quantitative estimate of drug-likeness (QED) is 0.839. The van der Waals surface area contributed by atoms with Gasteiger partial charge >= 0.3 is 0 Å². The number of carbonyl (C=O) groups excluding carboxylic acids is 1. The van der Waals surface area contributed by atoms with Crippen LogP contribution in [0.4, 0.5) is 0 Å². The number of hydrogen-bond acceptors (Lipinski definition) is 3. The number of rotatable bonds is 5. The van der Waals surface area contributed by atoms with E-state index in [4.69, 9.17) is 0 Å². The second-order valence-electron chi connectivity index (χ2n) is 5.96. The highest BCUT2D eigenvalue weighted by molar-refractivity contribution is 5.78. The highest BCUT2D eigenvalue weighted by Gasteiger charge is 2.18.